The number of para-hydroxylation sites is 1. The van der Waals surface area contributed by atoms with Gasteiger partial charge in [0.1, 0.15) is 6.04 Å². The Bertz CT molecular complexity index is 1400. The van der Waals surface area contributed by atoms with E-state index in [2.05, 4.69) is 48.5 Å². The van der Waals surface area contributed by atoms with Gasteiger partial charge >= 0.3 is 0 Å². The Morgan fingerprint density at radius 3 is 2.54 bits per heavy atom. The van der Waals surface area contributed by atoms with Crippen molar-refractivity contribution in [2.75, 3.05) is 26.2 Å². The summed E-state index contributed by atoms with van der Waals surface area (Å²) in [6, 6.07) is 18.8. The number of aryl methyl sites for hydroxylation is 1. The summed E-state index contributed by atoms with van der Waals surface area (Å²) in [5.41, 5.74) is 3.71. The predicted octanol–water partition coefficient (Wildman–Crippen LogP) is 3.91. The number of aromatic nitrogens is 5. The maximum atomic E-state index is 13.6. The third-order valence-corrected chi connectivity index (χ3v) is 8.20. The van der Waals surface area contributed by atoms with Gasteiger partial charge < -0.3 is 4.98 Å². The van der Waals surface area contributed by atoms with E-state index in [1.54, 1.807) is 0 Å². The van der Waals surface area contributed by atoms with Crippen LogP contribution in [0.3, 0.4) is 0 Å². The summed E-state index contributed by atoms with van der Waals surface area (Å²) in [4.78, 5) is 21.8. The second kappa shape index (κ2) is 10.6. The van der Waals surface area contributed by atoms with Crippen LogP contribution in [0.15, 0.2) is 59.4 Å². The fourth-order valence-corrected chi connectivity index (χ4v) is 6.19. The Kier molecular flexibility index (Phi) is 6.85. The van der Waals surface area contributed by atoms with Gasteiger partial charge in [0.25, 0.3) is 5.56 Å². The zero-order valence-corrected chi connectivity index (χ0v) is 21.5. The lowest BCUT2D eigenvalue weighted by Crippen LogP contribution is -2.52. The smallest absolute Gasteiger partial charge is 0.253 e. The quantitative estimate of drug-likeness (QED) is 0.435. The molecular weight excluding hydrogens is 462 g/mol. The lowest BCUT2D eigenvalue weighted by Gasteiger charge is -2.43. The Morgan fingerprint density at radius 1 is 0.973 bits per heavy atom. The van der Waals surface area contributed by atoms with E-state index in [0.717, 1.165) is 48.2 Å². The molecule has 0 amide bonds. The number of piperazine rings is 1. The molecule has 2 aliphatic rings. The third-order valence-electron chi connectivity index (χ3n) is 8.20. The van der Waals surface area contributed by atoms with Gasteiger partial charge in [0, 0.05) is 37.8 Å². The highest BCUT2D eigenvalue weighted by molar-refractivity contribution is 5.82. The van der Waals surface area contributed by atoms with Crippen molar-refractivity contribution in [3.05, 3.63) is 87.5 Å². The summed E-state index contributed by atoms with van der Waals surface area (Å²) in [7, 11) is 0. The fraction of sp³-hybridized carbons (Fsp3) is 0.448. The van der Waals surface area contributed by atoms with Crippen LogP contribution in [-0.2, 0) is 6.54 Å². The molecule has 6 rings (SSSR count). The zero-order valence-electron chi connectivity index (χ0n) is 21.5. The predicted molar refractivity (Wildman–Crippen MR) is 145 cm³/mol. The first-order chi connectivity index (χ1) is 18.2. The molecule has 1 saturated heterocycles. The highest BCUT2D eigenvalue weighted by Crippen LogP contribution is 2.30. The van der Waals surface area contributed by atoms with Gasteiger partial charge in [0.2, 0.25) is 0 Å². The number of fused-ring (bicyclic) bond motifs is 1. The highest BCUT2D eigenvalue weighted by atomic mass is 16.1. The average Bonchev–Trinajstić information content (AvgIpc) is 3.39. The summed E-state index contributed by atoms with van der Waals surface area (Å²) in [6.45, 7) is 6.36. The molecule has 1 aliphatic carbocycles. The summed E-state index contributed by atoms with van der Waals surface area (Å²) >= 11 is 0. The molecule has 2 aromatic carbocycles. The molecular formula is C29H35N7O. The van der Waals surface area contributed by atoms with E-state index in [1.807, 2.05) is 48.0 Å². The normalized spacial score (nSPS) is 18.8. The second-order valence-electron chi connectivity index (χ2n) is 10.5. The summed E-state index contributed by atoms with van der Waals surface area (Å²) in [5, 5.41) is 14.0. The Balaban J connectivity index is 1.37. The maximum absolute atomic E-state index is 13.6. The number of pyridine rings is 1. The lowest BCUT2D eigenvalue weighted by molar-refractivity contribution is 0.0618. The molecule has 0 radical (unpaired) electrons. The SMILES string of the molecule is Cc1cccc2cc([C@@H](c3nnnn3Cc3ccccc3)N3CCN(C4CCCCC4)CC3)c(=O)[nH]c12. The average molecular weight is 498 g/mol. The van der Waals surface area contributed by atoms with Gasteiger partial charge in [0.05, 0.1) is 12.1 Å². The molecule has 0 unspecified atom stereocenters. The largest absolute Gasteiger partial charge is 0.321 e. The molecule has 37 heavy (non-hydrogen) atoms. The van der Waals surface area contributed by atoms with E-state index in [9.17, 15) is 4.79 Å². The number of nitrogens with one attached hydrogen (secondary N) is 1. The van der Waals surface area contributed by atoms with Crippen molar-refractivity contribution in [2.45, 2.75) is 57.7 Å². The van der Waals surface area contributed by atoms with E-state index in [4.69, 9.17) is 0 Å². The van der Waals surface area contributed by atoms with Crippen molar-refractivity contribution >= 4 is 10.9 Å². The Labute approximate surface area is 217 Å². The first-order valence-electron chi connectivity index (χ1n) is 13.6. The Morgan fingerprint density at radius 2 is 1.76 bits per heavy atom. The zero-order chi connectivity index (χ0) is 25.2. The minimum Gasteiger partial charge on any atom is -0.321 e. The molecule has 0 spiro atoms. The van der Waals surface area contributed by atoms with Gasteiger partial charge in [0.15, 0.2) is 5.82 Å². The van der Waals surface area contributed by atoms with E-state index < -0.39 is 0 Å². The molecule has 8 heteroatoms. The lowest BCUT2D eigenvalue weighted by atomic mass is 9.93. The molecule has 4 aromatic rings. The number of aromatic amines is 1. The second-order valence-corrected chi connectivity index (χ2v) is 10.5. The minimum atomic E-state index is -0.319. The van der Waals surface area contributed by atoms with Crippen molar-refractivity contribution < 1.29 is 0 Å². The van der Waals surface area contributed by atoms with Crippen molar-refractivity contribution in [1.82, 2.24) is 35.0 Å². The van der Waals surface area contributed by atoms with Crippen molar-refractivity contribution in [3.63, 3.8) is 0 Å². The summed E-state index contributed by atoms with van der Waals surface area (Å²) in [6.07, 6.45) is 6.67. The number of tetrazole rings is 1. The molecule has 2 aromatic heterocycles. The molecule has 2 fully saturated rings. The molecule has 1 saturated carbocycles. The molecule has 1 N–H and O–H groups in total. The molecule has 0 bridgehead atoms. The summed E-state index contributed by atoms with van der Waals surface area (Å²) in [5.74, 6) is 0.715. The third kappa shape index (κ3) is 4.95. The molecule has 8 nitrogen and oxygen atoms in total. The van der Waals surface area contributed by atoms with Crippen LogP contribution in [0.2, 0.25) is 0 Å². The van der Waals surface area contributed by atoms with Crippen LogP contribution in [0.4, 0.5) is 0 Å². The van der Waals surface area contributed by atoms with Gasteiger partial charge in [-0.2, -0.15) is 0 Å². The number of hydrogen-bond donors (Lipinski definition) is 1. The number of nitrogens with zero attached hydrogens (tertiary/aromatic N) is 6. The van der Waals surface area contributed by atoms with Crippen LogP contribution in [0.25, 0.3) is 10.9 Å². The highest BCUT2D eigenvalue weighted by Gasteiger charge is 2.34. The first kappa shape index (κ1) is 24.0. The van der Waals surface area contributed by atoms with Crippen LogP contribution in [0.5, 0.6) is 0 Å². The fourth-order valence-electron chi connectivity index (χ4n) is 6.19. The molecule has 3 heterocycles. The Hall–Kier alpha value is -3.36. The van der Waals surface area contributed by atoms with Gasteiger partial charge in [-0.1, -0.05) is 67.8 Å². The molecule has 1 aliphatic heterocycles. The van der Waals surface area contributed by atoms with Gasteiger partial charge in [-0.05, 0) is 52.8 Å². The maximum Gasteiger partial charge on any atom is 0.253 e. The number of hydrogen-bond acceptors (Lipinski definition) is 6. The van der Waals surface area contributed by atoms with Crippen LogP contribution in [-0.4, -0.2) is 67.2 Å². The van der Waals surface area contributed by atoms with Crippen molar-refractivity contribution in [3.8, 4) is 0 Å². The topological polar surface area (TPSA) is 82.9 Å². The monoisotopic (exact) mass is 497 g/mol. The standard InChI is InChI=1S/C29H35N7O/c1-21-9-8-12-23-19-25(29(37)30-26(21)23)27(28-31-32-33-36(28)20-22-10-4-2-5-11-22)35-17-15-34(16-18-35)24-13-6-3-7-14-24/h2,4-5,8-12,19,24,27H,3,6-7,13-18,20H2,1H3,(H,30,37)/t27-/m0/s1. The number of H-pyrrole nitrogens is 1. The van der Waals surface area contributed by atoms with Crippen molar-refractivity contribution in [2.24, 2.45) is 0 Å². The first-order valence-corrected chi connectivity index (χ1v) is 13.6. The van der Waals surface area contributed by atoms with Gasteiger partial charge in [-0.3, -0.25) is 14.6 Å². The van der Waals surface area contributed by atoms with Gasteiger partial charge in [-0.15, -0.1) is 5.10 Å². The van der Waals surface area contributed by atoms with Crippen LogP contribution in [0, 0.1) is 6.92 Å². The molecule has 1 atom stereocenters. The number of rotatable bonds is 6. The van der Waals surface area contributed by atoms with E-state index in [-0.39, 0.29) is 11.6 Å². The van der Waals surface area contributed by atoms with Crippen LogP contribution >= 0.6 is 0 Å². The minimum absolute atomic E-state index is 0.0734. The van der Waals surface area contributed by atoms with E-state index in [1.165, 1.54) is 32.1 Å². The molecule has 192 valence electrons. The van der Waals surface area contributed by atoms with E-state index in [0.29, 0.717) is 24.0 Å². The summed E-state index contributed by atoms with van der Waals surface area (Å²) < 4.78 is 1.85. The van der Waals surface area contributed by atoms with Crippen LogP contribution < -0.4 is 5.56 Å². The van der Waals surface area contributed by atoms with Crippen molar-refractivity contribution in [1.29, 1.82) is 0 Å². The van der Waals surface area contributed by atoms with E-state index >= 15 is 0 Å². The van der Waals surface area contributed by atoms with Gasteiger partial charge in [-0.25, -0.2) is 4.68 Å². The number of benzene rings is 2. The van der Waals surface area contributed by atoms with Crippen LogP contribution in [0.1, 0.15) is 60.7 Å².